The molecule has 2 aromatic rings. The van der Waals surface area contributed by atoms with Crippen LogP contribution in [-0.4, -0.2) is 35.2 Å². The smallest absolute Gasteiger partial charge is 0.358 e. The van der Waals surface area contributed by atoms with Gasteiger partial charge >= 0.3 is 12.0 Å². The minimum Gasteiger partial charge on any atom is -0.461 e. The maximum Gasteiger partial charge on any atom is 0.358 e. The molecule has 22 heavy (non-hydrogen) atoms. The Labute approximate surface area is 128 Å². The topological polar surface area (TPSA) is 85.2 Å². The van der Waals surface area contributed by atoms with Crippen LogP contribution in [-0.2, 0) is 11.3 Å². The van der Waals surface area contributed by atoms with Gasteiger partial charge in [-0.15, -0.1) is 0 Å². The Morgan fingerprint density at radius 2 is 2.00 bits per heavy atom. The number of ether oxygens (including phenoxy) is 1. The fourth-order valence-corrected chi connectivity index (χ4v) is 1.96. The van der Waals surface area contributed by atoms with Crippen molar-refractivity contribution in [3.63, 3.8) is 0 Å². The van der Waals surface area contributed by atoms with E-state index in [0.717, 1.165) is 5.56 Å². The monoisotopic (exact) mass is 302 g/mol. The van der Waals surface area contributed by atoms with Crippen molar-refractivity contribution in [2.75, 3.05) is 19.0 Å². The third-order valence-electron chi connectivity index (χ3n) is 2.96. The molecule has 0 aliphatic carbocycles. The maximum absolute atomic E-state index is 12.2. The molecule has 0 bridgehead atoms. The van der Waals surface area contributed by atoms with Crippen LogP contribution in [0, 0.1) is 0 Å². The van der Waals surface area contributed by atoms with Gasteiger partial charge in [-0.25, -0.2) is 14.6 Å². The molecule has 2 rings (SSSR count). The molecule has 7 nitrogen and oxygen atoms in total. The average Bonchev–Trinajstić information content (AvgIpc) is 2.90. The number of carbonyl (C=O) groups is 2. The third kappa shape index (κ3) is 3.63. The fourth-order valence-electron chi connectivity index (χ4n) is 1.96. The highest BCUT2D eigenvalue weighted by molar-refractivity contribution is 5.98. The minimum absolute atomic E-state index is 0.175. The van der Waals surface area contributed by atoms with Gasteiger partial charge in [0.1, 0.15) is 0 Å². The zero-order valence-corrected chi connectivity index (χ0v) is 12.5. The van der Waals surface area contributed by atoms with Gasteiger partial charge < -0.3 is 14.6 Å². The van der Waals surface area contributed by atoms with Crippen LogP contribution in [0.3, 0.4) is 0 Å². The van der Waals surface area contributed by atoms with E-state index < -0.39 is 12.0 Å². The van der Waals surface area contributed by atoms with Crippen molar-refractivity contribution in [3.8, 4) is 0 Å². The lowest BCUT2D eigenvalue weighted by atomic mass is 10.2. The Morgan fingerprint density at radius 3 is 2.64 bits per heavy atom. The van der Waals surface area contributed by atoms with Crippen molar-refractivity contribution < 1.29 is 14.3 Å². The van der Waals surface area contributed by atoms with Crippen molar-refractivity contribution in [1.29, 1.82) is 0 Å². The molecule has 2 amide bonds. The molecule has 116 valence electrons. The lowest BCUT2D eigenvalue weighted by molar-refractivity contribution is 0.0515. The predicted octanol–water partition coefficient (Wildman–Crippen LogP) is 1.86. The molecule has 1 heterocycles. The quantitative estimate of drug-likeness (QED) is 0.826. The molecule has 0 aliphatic rings. The molecule has 1 aromatic heterocycles. The predicted molar refractivity (Wildman–Crippen MR) is 81.8 cm³/mol. The highest BCUT2D eigenvalue weighted by atomic mass is 16.5. The van der Waals surface area contributed by atoms with Crippen LogP contribution in [0.2, 0.25) is 0 Å². The van der Waals surface area contributed by atoms with Gasteiger partial charge in [-0.2, -0.15) is 0 Å². The Kier molecular flexibility index (Phi) is 5.13. The lowest BCUT2D eigenvalue weighted by Crippen LogP contribution is -2.26. The number of anilines is 1. The summed E-state index contributed by atoms with van der Waals surface area (Å²) in [6.45, 7) is 2.42. The van der Waals surface area contributed by atoms with Gasteiger partial charge in [-0.3, -0.25) is 5.32 Å². The molecule has 0 saturated heterocycles. The Balaban J connectivity index is 2.32. The fraction of sp³-hybridized carbons (Fsp3) is 0.267. The normalized spacial score (nSPS) is 10.1. The van der Waals surface area contributed by atoms with Crippen LogP contribution in [0.15, 0.2) is 36.7 Å². The second-order valence-electron chi connectivity index (χ2n) is 4.48. The van der Waals surface area contributed by atoms with Crippen LogP contribution in [0.5, 0.6) is 0 Å². The number of imidazole rings is 1. The van der Waals surface area contributed by atoms with Crippen molar-refractivity contribution in [2.24, 2.45) is 0 Å². The maximum atomic E-state index is 12.2. The first kappa shape index (κ1) is 15.6. The first-order valence-corrected chi connectivity index (χ1v) is 6.90. The Bertz CT molecular complexity index is 652. The number of amides is 2. The molecule has 0 fully saturated rings. The summed E-state index contributed by atoms with van der Waals surface area (Å²) in [6, 6.07) is 9.19. The number of benzene rings is 1. The zero-order chi connectivity index (χ0) is 15.9. The van der Waals surface area contributed by atoms with Crippen LogP contribution < -0.4 is 10.6 Å². The number of urea groups is 1. The second-order valence-corrected chi connectivity index (χ2v) is 4.48. The summed E-state index contributed by atoms with van der Waals surface area (Å²) in [6.07, 6.45) is 1.50. The van der Waals surface area contributed by atoms with Gasteiger partial charge in [0.25, 0.3) is 0 Å². The van der Waals surface area contributed by atoms with E-state index in [1.807, 2.05) is 30.3 Å². The molecule has 0 spiro atoms. The van der Waals surface area contributed by atoms with E-state index in [-0.39, 0.29) is 18.1 Å². The van der Waals surface area contributed by atoms with E-state index >= 15 is 0 Å². The van der Waals surface area contributed by atoms with Crippen molar-refractivity contribution in [2.45, 2.75) is 13.5 Å². The third-order valence-corrected chi connectivity index (χ3v) is 2.96. The minimum atomic E-state index is -0.526. The molecule has 0 radical (unpaired) electrons. The summed E-state index contributed by atoms with van der Waals surface area (Å²) in [7, 11) is 1.49. The van der Waals surface area contributed by atoms with Gasteiger partial charge in [-0.05, 0) is 12.5 Å². The summed E-state index contributed by atoms with van der Waals surface area (Å²) < 4.78 is 6.70. The van der Waals surface area contributed by atoms with Crippen molar-refractivity contribution in [3.05, 3.63) is 47.9 Å². The number of carbonyl (C=O) groups excluding carboxylic acids is 2. The van der Waals surface area contributed by atoms with Crippen LogP contribution in [0.4, 0.5) is 10.6 Å². The van der Waals surface area contributed by atoms with Crippen molar-refractivity contribution in [1.82, 2.24) is 14.9 Å². The van der Waals surface area contributed by atoms with Gasteiger partial charge in [0, 0.05) is 13.6 Å². The molecular formula is C15H18N4O3. The lowest BCUT2D eigenvalue weighted by Gasteiger charge is -2.10. The van der Waals surface area contributed by atoms with Crippen LogP contribution in [0.25, 0.3) is 0 Å². The number of esters is 1. The van der Waals surface area contributed by atoms with Crippen LogP contribution in [0.1, 0.15) is 23.0 Å². The summed E-state index contributed by atoms with van der Waals surface area (Å²) in [5.41, 5.74) is 1.23. The molecule has 0 atom stereocenters. The Morgan fingerprint density at radius 1 is 1.27 bits per heavy atom. The highest BCUT2D eigenvalue weighted by Gasteiger charge is 2.21. The number of hydrogen-bond acceptors (Lipinski definition) is 4. The van der Waals surface area contributed by atoms with E-state index in [0.29, 0.717) is 6.54 Å². The van der Waals surface area contributed by atoms with Crippen molar-refractivity contribution >= 4 is 17.8 Å². The molecule has 0 aliphatic heterocycles. The summed E-state index contributed by atoms with van der Waals surface area (Å²) in [5, 5.41) is 4.94. The van der Waals surface area contributed by atoms with E-state index in [1.54, 1.807) is 11.5 Å². The SMILES string of the molecule is CCOC(=O)c1c(NC(=O)NC)ncn1Cc1ccccc1. The van der Waals surface area contributed by atoms with E-state index in [2.05, 4.69) is 15.6 Å². The molecule has 0 saturated carbocycles. The summed E-state index contributed by atoms with van der Waals surface area (Å²) in [5.74, 6) is -0.351. The largest absolute Gasteiger partial charge is 0.461 e. The summed E-state index contributed by atoms with van der Waals surface area (Å²) in [4.78, 5) is 27.7. The molecule has 2 N–H and O–H groups in total. The van der Waals surface area contributed by atoms with Gasteiger partial charge in [0.15, 0.2) is 11.5 Å². The molecule has 7 heteroatoms. The Hall–Kier alpha value is -2.83. The van der Waals surface area contributed by atoms with Gasteiger partial charge in [0.05, 0.1) is 12.9 Å². The highest BCUT2D eigenvalue weighted by Crippen LogP contribution is 2.17. The first-order chi connectivity index (χ1) is 10.7. The standard InChI is InChI=1S/C15H18N4O3/c1-3-22-14(20)12-13(18-15(21)16-2)17-10-19(12)9-11-7-5-4-6-8-11/h4-8,10H,3,9H2,1-2H3,(H2,16,18,21). The summed E-state index contributed by atoms with van der Waals surface area (Å²) >= 11 is 0. The van der Waals surface area contributed by atoms with E-state index in [4.69, 9.17) is 4.74 Å². The van der Waals surface area contributed by atoms with E-state index in [9.17, 15) is 9.59 Å². The second kappa shape index (κ2) is 7.26. The van der Waals surface area contributed by atoms with Crippen LogP contribution >= 0.6 is 0 Å². The van der Waals surface area contributed by atoms with E-state index in [1.165, 1.54) is 13.4 Å². The zero-order valence-electron chi connectivity index (χ0n) is 12.5. The number of aromatic nitrogens is 2. The molecular weight excluding hydrogens is 284 g/mol. The first-order valence-electron chi connectivity index (χ1n) is 6.90. The average molecular weight is 302 g/mol. The number of nitrogens with zero attached hydrogens (tertiary/aromatic N) is 2. The number of nitrogens with one attached hydrogen (secondary N) is 2. The van der Waals surface area contributed by atoms with Gasteiger partial charge in [0.2, 0.25) is 0 Å². The van der Waals surface area contributed by atoms with Gasteiger partial charge in [-0.1, -0.05) is 30.3 Å². The molecule has 1 aromatic carbocycles. The molecule has 0 unspecified atom stereocenters. The number of rotatable bonds is 5. The number of hydrogen-bond donors (Lipinski definition) is 2.